The first kappa shape index (κ1) is 22.2. The van der Waals surface area contributed by atoms with Crippen molar-refractivity contribution in [3.63, 3.8) is 0 Å². The molecule has 0 aromatic carbocycles. The molecule has 0 spiro atoms. The Morgan fingerprint density at radius 3 is 2.33 bits per heavy atom. The number of rotatable bonds is 7. The quantitative estimate of drug-likeness (QED) is 0.273. The van der Waals surface area contributed by atoms with Gasteiger partial charge in [0.05, 0.1) is 6.10 Å². The maximum Gasteiger partial charge on any atom is 1.00 e. The predicted octanol–water partition coefficient (Wildman–Crippen LogP) is -4.54. The van der Waals surface area contributed by atoms with Gasteiger partial charge in [0.15, 0.2) is 0 Å². The van der Waals surface area contributed by atoms with E-state index in [2.05, 4.69) is 0 Å². The Balaban J connectivity index is -0.000000720. The summed E-state index contributed by atoms with van der Waals surface area (Å²) in [6.07, 6.45) is 1.07. The molecule has 78 valence electrons. The van der Waals surface area contributed by atoms with Crippen molar-refractivity contribution < 1.29 is 78.4 Å². The molecule has 15 heavy (non-hydrogen) atoms. The van der Waals surface area contributed by atoms with E-state index in [-0.39, 0.29) is 65.7 Å². The van der Waals surface area contributed by atoms with E-state index in [1.807, 2.05) is 0 Å². The molecular weight excluding hydrogens is 237 g/mol. The summed E-state index contributed by atoms with van der Waals surface area (Å²) in [6, 6.07) is 0. The summed E-state index contributed by atoms with van der Waals surface area (Å²) in [6.45, 7) is 3.36. The van der Waals surface area contributed by atoms with E-state index < -0.39 is 20.2 Å². The van der Waals surface area contributed by atoms with Crippen molar-refractivity contribution >= 4 is 8.03 Å². The van der Waals surface area contributed by atoms with E-state index in [0.717, 1.165) is 0 Å². The van der Waals surface area contributed by atoms with Gasteiger partial charge >= 0.3 is 67.1 Å². The second-order valence-electron chi connectivity index (χ2n) is 2.68. The number of hydrogen-bond acceptors (Lipinski definition) is 4. The maximum absolute atomic E-state index is 11.0. The van der Waals surface area contributed by atoms with Crippen LogP contribution in [0, 0.1) is 6.16 Å². The van der Waals surface area contributed by atoms with Gasteiger partial charge in [-0.1, -0.05) is 11.5 Å². The topological polar surface area (TPSA) is 66.8 Å². The third-order valence-electron chi connectivity index (χ3n) is 1.71. The molecule has 0 saturated heterocycles. The van der Waals surface area contributed by atoms with Crippen LogP contribution < -0.4 is 59.1 Å². The summed E-state index contributed by atoms with van der Waals surface area (Å²) in [5.74, 6) is 0. The summed E-state index contributed by atoms with van der Waals surface area (Å²) in [4.78, 5) is 0. The van der Waals surface area contributed by atoms with Crippen molar-refractivity contribution in [3.8, 4) is 0 Å². The SMILES string of the molecule is C[CH-][P+](=O)OC(CCO)C(O)CC.[Na+].[Na+]. The number of aliphatic hydroxyl groups excluding tert-OH is 2. The molecule has 0 bridgehead atoms. The molecule has 7 heteroatoms. The molecule has 0 fully saturated rings. The van der Waals surface area contributed by atoms with E-state index in [0.29, 0.717) is 12.8 Å². The van der Waals surface area contributed by atoms with Crippen LogP contribution in [0.25, 0.3) is 0 Å². The Morgan fingerprint density at radius 2 is 2.00 bits per heavy atom. The van der Waals surface area contributed by atoms with E-state index in [1.54, 1.807) is 13.8 Å². The van der Waals surface area contributed by atoms with Crippen molar-refractivity contribution in [1.29, 1.82) is 0 Å². The van der Waals surface area contributed by atoms with E-state index >= 15 is 0 Å². The molecule has 4 nitrogen and oxygen atoms in total. The molecule has 0 saturated carbocycles. The summed E-state index contributed by atoms with van der Waals surface area (Å²) >= 11 is 0. The van der Waals surface area contributed by atoms with Gasteiger partial charge in [0.25, 0.3) is 0 Å². The second-order valence-corrected chi connectivity index (χ2v) is 3.97. The van der Waals surface area contributed by atoms with Gasteiger partial charge in [0.1, 0.15) is 6.10 Å². The van der Waals surface area contributed by atoms with Gasteiger partial charge < -0.3 is 10.2 Å². The molecule has 0 aliphatic heterocycles. The molecule has 3 atom stereocenters. The van der Waals surface area contributed by atoms with Gasteiger partial charge in [-0.25, -0.2) is 0 Å². The van der Waals surface area contributed by atoms with Crippen molar-refractivity contribution in [1.82, 2.24) is 0 Å². The van der Waals surface area contributed by atoms with Crippen LogP contribution in [-0.2, 0) is 9.09 Å². The van der Waals surface area contributed by atoms with Crippen molar-refractivity contribution in [2.75, 3.05) is 6.61 Å². The first-order valence-electron chi connectivity index (χ1n) is 4.37. The third-order valence-corrected chi connectivity index (χ3v) is 2.61. The minimum atomic E-state index is -1.81. The third kappa shape index (κ3) is 10.8. The molecule has 0 radical (unpaired) electrons. The first-order valence-corrected chi connectivity index (χ1v) is 5.61. The smallest absolute Gasteiger partial charge is 0.396 e. The summed E-state index contributed by atoms with van der Waals surface area (Å²) < 4.78 is 16.0. The average Bonchev–Trinajstić information content (AvgIpc) is 2.15. The molecule has 0 aromatic heterocycles. The predicted molar refractivity (Wildman–Crippen MR) is 50.5 cm³/mol. The Labute approximate surface area is 137 Å². The summed E-state index contributed by atoms with van der Waals surface area (Å²) in [5.41, 5.74) is 0. The van der Waals surface area contributed by atoms with Gasteiger partial charge in [-0.15, -0.1) is 6.92 Å². The Morgan fingerprint density at radius 1 is 1.47 bits per heavy atom. The molecule has 0 heterocycles. The normalized spacial score (nSPS) is 14.5. The van der Waals surface area contributed by atoms with Gasteiger partial charge in [-0.2, -0.15) is 4.52 Å². The average molecular weight is 254 g/mol. The van der Waals surface area contributed by atoms with Crippen LogP contribution in [-0.4, -0.2) is 29.0 Å². The molecule has 3 unspecified atom stereocenters. The van der Waals surface area contributed by atoms with E-state index in [4.69, 9.17) is 9.63 Å². The van der Waals surface area contributed by atoms with E-state index in [9.17, 15) is 9.67 Å². The molecule has 0 rings (SSSR count). The van der Waals surface area contributed by atoms with Crippen LogP contribution in [0.5, 0.6) is 0 Å². The molecule has 0 aliphatic carbocycles. The van der Waals surface area contributed by atoms with Gasteiger partial charge in [0.2, 0.25) is 0 Å². The molecule has 0 amide bonds. The van der Waals surface area contributed by atoms with Crippen molar-refractivity contribution in [2.45, 2.75) is 38.9 Å². The fraction of sp³-hybridized carbons (Fsp3) is 0.875. The van der Waals surface area contributed by atoms with Crippen molar-refractivity contribution in [2.24, 2.45) is 0 Å². The number of aliphatic hydroxyl groups is 2. The summed E-state index contributed by atoms with van der Waals surface area (Å²) in [5, 5.41) is 18.1. The minimum absolute atomic E-state index is 0. The van der Waals surface area contributed by atoms with Crippen LogP contribution in [0.3, 0.4) is 0 Å². The largest absolute Gasteiger partial charge is 1.00 e. The second kappa shape index (κ2) is 14.0. The molecular formula is C8H17Na2O4P+2. The zero-order valence-electron chi connectivity index (χ0n) is 10.0. The fourth-order valence-electron chi connectivity index (χ4n) is 0.900. The molecule has 0 aliphatic rings. The van der Waals surface area contributed by atoms with Gasteiger partial charge in [-0.3, -0.25) is 0 Å². The van der Waals surface area contributed by atoms with Crippen LogP contribution in [0.15, 0.2) is 0 Å². The van der Waals surface area contributed by atoms with Crippen LogP contribution >= 0.6 is 8.03 Å². The van der Waals surface area contributed by atoms with Gasteiger partial charge in [0, 0.05) is 13.0 Å². The molecule has 0 aromatic rings. The van der Waals surface area contributed by atoms with Crippen LogP contribution in [0.2, 0.25) is 0 Å². The number of hydrogen-bond donors (Lipinski definition) is 2. The van der Waals surface area contributed by atoms with Gasteiger partial charge in [-0.05, 0) is 12.6 Å². The fourth-order valence-corrected chi connectivity index (χ4v) is 1.53. The van der Waals surface area contributed by atoms with Crippen molar-refractivity contribution in [3.05, 3.63) is 6.16 Å². The zero-order chi connectivity index (χ0) is 10.3. The minimum Gasteiger partial charge on any atom is -0.396 e. The first-order chi connectivity index (χ1) is 6.15. The monoisotopic (exact) mass is 254 g/mol. The Bertz CT molecular complexity index is 160. The van der Waals surface area contributed by atoms with Crippen LogP contribution in [0.4, 0.5) is 0 Å². The maximum atomic E-state index is 11.0. The van der Waals surface area contributed by atoms with Crippen LogP contribution in [0.1, 0.15) is 26.7 Å². The standard InChI is InChI=1S/C8H17O4P.2Na/c1-3-7(10)8(5-6-9)12-13(11)4-2;;/h4,7-10H,3,5-6H2,1-2H3;;/q;2*+1. The molecule has 2 N–H and O–H groups in total. The van der Waals surface area contributed by atoms with E-state index in [1.165, 1.54) is 6.16 Å². The summed E-state index contributed by atoms with van der Waals surface area (Å²) in [7, 11) is -1.81. The Kier molecular flexibility index (Phi) is 20.8. The zero-order valence-corrected chi connectivity index (χ0v) is 14.9. The Hall–Kier alpha value is 1.98.